The van der Waals surface area contributed by atoms with E-state index >= 15 is 0 Å². The van der Waals surface area contributed by atoms with Crippen LogP contribution >= 0.6 is 0 Å². The summed E-state index contributed by atoms with van der Waals surface area (Å²) in [5, 5.41) is 11.2. The Morgan fingerprint density at radius 3 is 2.04 bits per heavy atom. The Labute approximate surface area is 145 Å². The predicted molar refractivity (Wildman–Crippen MR) is 83.9 cm³/mol. The molecule has 0 spiro atoms. The van der Waals surface area contributed by atoms with E-state index in [1.54, 1.807) is 20.8 Å². The quantitative estimate of drug-likeness (QED) is 0.607. The minimum absolute atomic E-state index is 0.338. The van der Waals surface area contributed by atoms with Crippen molar-refractivity contribution in [1.29, 1.82) is 0 Å². The van der Waals surface area contributed by atoms with E-state index in [2.05, 4.69) is 0 Å². The molecule has 0 aliphatic rings. The van der Waals surface area contributed by atoms with Crippen LogP contribution in [-0.4, -0.2) is 46.7 Å². The maximum Gasteiger partial charge on any atom is 0.404 e. The van der Waals surface area contributed by atoms with Crippen molar-refractivity contribution in [2.45, 2.75) is 77.7 Å². The van der Waals surface area contributed by atoms with E-state index in [1.165, 1.54) is 13.8 Å². The molecule has 2 N–H and O–H groups in total. The monoisotopic (exact) mass is 369 g/mol. The maximum absolute atomic E-state index is 13.2. The second-order valence-corrected chi connectivity index (χ2v) is 7.09. The van der Waals surface area contributed by atoms with Crippen molar-refractivity contribution in [3.8, 4) is 0 Å². The molecule has 0 amide bonds. The summed E-state index contributed by atoms with van der Waals surface area (Å²) in [4.78, 5) is 34.0. The van der Waals surface area contributed by atoms with Crippen LogP contribution in [0.1, 0.15) is 53.9 Å². The first-order valence-electron chi connectivity index (χ1n) is 7.90. The molecule has 0 aromatic rings. The molecule has 0 saturated carbocycles. The third-order valence-electron chi connectivity index (χ3n) is 3.27. The Hall–Kier alpha value is -1.64. The molecule has 0 fully saturated rings. The van der Waals surface area contributed by atoms with Crippen molar-refractivity contribution >= 4 is 17.7 Å². The standard InChI is InChI=1S/C16H26F3NO5/c1-9(8-10(2)21)13(16(17,18)19)20-11(14(23)24)6-7-12(22)25-15(3,4)5/h9,11,13,20H,6-8H2,1-5H3,(H,23,24)/t9-,11+,13+/m1/s1. The maximum atomic E-state index is 13.2. The molecule has 3 atom stereocenters. The number of ketones is 1. The first-order chi connectivity index (χ1) is 11.1. The molecule has 9 heteroatoms. The zero-order chi connectivity index (χ0) is 20.0. The Kier molecular flexibility index (Phi) is 8.57. The highest BCUT2D eigenvalue weighted by molar-refractivity contribution is 5.76. The van der Waals surface area contributed by atoms with E-state index in [1.807, 2.05) is 5.32 Å². The minimum atomic E-state index is -4.73. The van der Waals surface area contributed by atoms with Crippen LogP contribution in [-0.2, 0) is 19.1 Å². The number of aliphatic carboxylic acids is 1. The van der Waals surface area contributed by atoms with Gasteiger partial charge in [0.2, 0.25) is 0 Å². The summed E-state index contributed by atoms with van der Waals surface area (Å²) in [5.41, 5.74) is -0.770. The number of halogens is 3. The number of ether oxygens (including phenoxy) is 1. The number of Topliss-reactive ketones (excluding diaryl/α,β-unsaturated/α-hetero) is 1. The Balaban J connectivity index is 5.02. The van der Waals surface area contributed by atoms with Crippen molar-refractivity contribution in [2.24, 2.45) is 5.92 Å². The molecule has 0 bridgehead atoms. The fourth-order valence-electron chi connectivity index (χ4n) is 2.30. The lowest BCUT2D eigenvalue weighted by Crippen LogP contribution is -2.53. The van der Waals surface area contributed by atoms with Gasteiger partial charge in [0.15, 0.2) is 0 Å². The van der Waals surface area contributed by atoms with Gasteiger partial charge < -0.3 is 14.6 Å². The zero-order valence-electron chi connectivity index (χ0n) is 15.1. The van der Waals surface area contributed by atoms with Crippen LogP contribution in [0.2, 0.25) is 0 Å². The lowest BCUT2D eigenvalue weighted by atomic mass is 9.94. The van der Waals surface area contributed by atoms with E-state index in [-0.39, 0.29) is 19.3 Å². The van der Waals surface area contributed by atoms with Gasteiger partial charge in [-0.2, -0.15) is 13.2 Å². The van der Waals surface area contributed by atoms with Gasteiger partial charge in [0.25, 0.3) is 0 Å². The van der Waals surface area contributed by atoms with Crippen LogP contribution in [0, 0.1) is 5.92 Å². The van der Waals surface area contributed by atoms with Crippen LogP contribution in [0.15, 0.2) is 0 Å². The molecule has 0 saturated heterocycles. The van der Waals surface area contributed by atoms with E-state index in [0.29, 0.717) is 0 Å². The molecule has 146 valence electrons. The lowest BCUT2D eigenvalue weighted by molar-refractivity contribution is -0.172. The van der Waals surface area contributed by atoms with Gasteiger partial charge in [-0.25, -0.2) is 0 Å². The Bertz CT molecular complexity index is 485. The number of carbonyl (C=O) groups is 3. The van der Waals surface area contributed by atoms with Crippen molar-refractivity contribution in [3.63, 3.8) is 0 Å². The fraction of sp³-hybridized carbons (Fsp3) is 0.812. The summed E-state index contributed by atoms with van der Waals surface area (Å²) in [6.07, 6.45) is -5.76. The largest absolute Gasteiger partial charge is 0.480 e. The smallest absolute Gasteiger partial charge is 0.404 e. The summed E-state index contributed by atoms with van der Waals surface area (Å²) in [5.74, 6) is -3.77. The Morgan fingerprint density at radius 2 is 1.68 bits per heavy atom. The average Bonchev–Trinajstić information content (AvgIpc) is 2.33. The minimum Gasteiger partial charge on any atom is -0.480 e. The number of hydrogen-bond acceptors (Lipinski definition) is 5. The normalized spacial score (nSPS) is 16.0. The second kappa shape index (κ2) is 9.17. The molecule has 6 nitrogen and oxygen atoms in total. The van der Waals surface area contributed by atoms with E-state index in [0.717, 1.165) is 0 Å². The number of alkyl halides is 3. The number of carboxylic acid groups (broad SMARTS) is 1. The van der Waals surface area contributed by atoms with Crippen LogP contribution < -0.4 is 5.32 Å². The average molecular weight is 369 g/mol. The lowest BCUT2D eigenvalue weighted by Gasteiger charge is -2.29. The molecular weight excluding hydrogens is 343 g/mol. The van der Waals surface area contributed by atoms with Crippen LogP contribution in [0.4, 0.5) is 13.2 Å². The van der Waals surface area contributed by atoms with E-state index in [9.17, 15) is 27.6 Å². The van der Waals surface area contributed by atoms with Crippen molar-refractivity contribution in [2.75, 3.05) is 0 Å². The second-order valence-electron chi connectivity index (χ2n) is 7.09. The Morgan fingerprint density at radius 1 is 1.16 bits per heavy atom. The topological polar surface area (TPSA) is 92.7 Å². The first kappa shape index (κ1) is 23.4. The summed E-state index contributed by atoms with van der Waals surface area (Å²) in [7, 11) is 0. The van der Waals surface area contributed by atoms with Gasteiger partial charge >= 0.3 is 18.1 Å². The highest BCUT2D eigenvalue weighted by atomic mass is 19.4. The van der Waals surface area contributed by atoms with Crippen molar-refractivity contribution in [1.82, 2.24) is 5.32 Å². The number of carboxylic acids is 1. The molecule has 25 heavy (non-hydrogen) atoms. The summed E-state index contributed by atoms with van der Waals surface area (Å²) >= 11 is 0. The number of nitrogens with one attached hydrogen (secondary N) is 1. The van der Waals surface area contributed by atoms with Crippen LogP contribution in [0.3, 0.4) is 0 Å². The van der Waals surface area contributed by atoms with E-state index < -0.39 is 47.5 Å². The number of hydrogen-bond donors (Lipinski definition) is 2. The van der Waals surface area contributed by atoms with Gasteiger partial charge in [-0.3, -0.25) is 14.9 Å². The molecule has 0 aliphatic carbocycles. The molecule has 0 heterocycles. The molecule has 0 aromatic heterocycles. The van der Waals surface area contributed by atoms with Crippen molar-refractivity contribution in [3.05, 3.63) is 0 Å². The van der Waals surface area contributed by atoms with Gasteiger partial charge in [0.05, 0.1) is 0 Å². The predicted octanol–water partition coefficient (Wildman–Crippen LogP) is 2.70. The highest BCUT2D eigenvalue weighted by Crippen LogP contribution is 2.28. The number of carbonyl (C=O) groups excluding carboxylic acids is 2. The van der Waals surface area contributed by atoms with E-state index in [4.69, 9.17) is 9.84 Å². The summed E-state index contributed by atoms with van der Waals surface area (Å²) in [6, 6.07) is -3.76. The van der Waals surface area contributed by atoms with Crippen LogP contribution in [0.5, 0.6) is 0 Å². The van der Waals surface area contributed by atoms with Gasteiger partial charge in [-0.1, -0.05) is 6.92 Å². The first-order valence-corrected chi connectivity index (χ1v) is 7.90. The molecular formula is C16H26F3NO5. The highest BCUT2D eigenvalue weighted by Gasteiger charge is 2.45. The zero-order valence-corrected chi connectivity index (χ0v) is 15.1. The number of esters is 1. The van der Waals surface area contributed by atoms with Gasteiger partial charge in [0, 0.05) is 12.8 Å². The fourth-order valence-corrected chi connectivity index (χ4v) is 2.30. The van der Waals surface area contributed by atoms with Crippen molar-refractivity contribution < 1.29 is 37.4 Å². The summed E-state index contributed by atoms with van der Waals surface area (Å²) in [6.45, 7) is 7.27. The van der Waals surface area contributed by atoms with Crippen LogP contribution in [0.25, 0.3) is 0 Å². The number of rotatable bonds is 9. The third kappa shape index (κ3) is 10.1. The summed E-state index contributed by atoms with van der Waals surface area (Å²) < 4.78 is 44.6. The van der Waals surface area contributed by atoms with Gasteiger partial charge in [0.1, 0.15) is 23.5 Å². The third-order valence-corrected chi connectivity index (χ3v) is 3.27. The molecule has 0 aromatic carbocycles. The molecule has 0 radical (unpaired) electrons. The van der Waals surface area contributed by atoms with Gasteiger partial charge in [-0.05, 0) is 40.0 Å². The molecule has 0 aliphatic heterocycles. The molecule has 0 unspecified atom stereocenters. The SMILES string of the molecule is CC(=O)C[C@@H](C)[C@H](N[C@@H](CCC(=O)OC(C)(C)C)C(=O)O)C(F)(F)F. The van der Waals surface area contributed by atoms with Gasteiger partial charge in [-0.15, -0.1) is 0 Å². The molecule has 0 rings (SSSR count).